The highest BCUT2D eigenvalue weighted by molar-refractivity contribution is 7.10. The molecule has 7 nitrogen and oxygen atoms in total. The van der Waals surface area contributed by atoms with Gasteiger partial charge in [-0.3, -0.25) is 14.9 Å². The zero-order valence-corrected chi connectivity index (χ0v) is 15.2. The van der Waals surface area contributed by atoms with Gasteiger partial charge in [0.25, 0.3) is 11.6 Å². The molecule has 8 heteroatoms. The van der Waals surface area contributed by atoms with Gasteiger partial charge >= 0.3 is 5.97 Å². The Balaban J connectivity index is 1.96. The highest BCUT2D eigenvalue weighted by Crippen LogP contribution is 2.34. The number of nitrogens with zero attached hydrogens (tertiary/aromatic N) is 2. The molecule has 1 amide bonds. The largest absolute Gasteiger partial charge is 0.462 e. The molecule has 0 spiro atoms. The van der Waals surface area contributed by atoms with E-state index in [1.54, 1.807) is 23.2 Å². The SMILES string of the molecule is CCOC(=O)c1cc(C(=O)N2CCc3sccc3[C@H]2C)cc([N+](=O)[O-])c1. The molecule has 26 heavy (non-hydrogen) atoms. The highest BCUT2D eigenvalue weighted by atomic mass is 32.1. The minimum atomic E-state index is -0.683. The Labute approximate surface area is 154 Å². The molecular weight excluding hydrogens is 356 g/mol. The topological polar surface area (TPSA) is 89.8 Å². The first-order valence-electron chi connectivity index (χ1n) is 8.26. The van der Waals surface area contributed by atoms with Crippen LogP contribution < -0.4 is 0 Å². The van der Waals surface area contributed by atoms with E-state index in [0.717, 1.165) is 18.1 Å². The molecule has 0 unspecified atom stereocenters. The van der Waals surface area contributed by atoms with Gasteiger partial charge in [0, 0.05) is 29.1 Å². The van der Waals surface area contributed by atoms with Gasteiger partial charge in [0.2, 0.25) is 0 Å². The number of non-ortho nitro benzene ring substituents is 1. The number of carbonyl (C=O) groups excluding carboxylic acids is 2. The lowest BCUT2D eigenvalue weighted by molar-refractivity contribution is -0.384. The predicted molar refractivity (Wildman–Crippen MR) is 96.5 cm³/mol. The van der Waals surface area contributed by atoms with Crippen molar-refractivity contribution < 1.29 is 19.2 Å². The third-order valence-electron chi connectivity index (χ3n) is 4.42. The summed E-state index contributed by atoms with van der Waals surface area (Å²) >= 11 is 1.67. The van der Waals surface area contributed by atoms with Crippen LogP contribution in [0.25, 0.3) is 0 Å². The van der Waals surface area contributed by atoms with Crippen molar-refractivity contribution in [1.82, 2.24) is 4.90 Å². The van der Waals surface area contributed by atoms with Crippen molar-refractivity contribution >= 4 is 28.9 Å². The van der Waals surface area contributed by atoms with Crippen LogP contribution in [0.1, 0.15) is 51.0 Å². The molecule has 0 aliphatic carbocycles. The number of fused-ring (bicyclic) bond motifs is 1. The number of amides is 1. The lowest BCUT2D eigenvalue weighted by Crippen LogP contribution is -2.38. The third kappa shape index (κ3) is 3.32. The van der Waals surface area contributed by atoms with Crippen LogP contribution in [0.2, 0.25) is 0 Å². The van der Waals surface area contributed by atoms with Crippen molar-refractivity contribution in [1.29, 1.82) is 0 Å². The van der Waals surface area contributed by atoms with Gasteiger partial charge in [0.1, 0.15) is 0 Å². The van der Waals surface area contributed by atoms with Crippen LogP contribution in [-0.2, 0) is 11.2 Å². The number of esters is 1. The van der Waals surface area contributed by atoms with E-state index in [2.05, 4.69) is 0 Å². The molecule has 1 aliphatic rings. The Morgan fingerprint density at radius 1 is 1.35 bits per heavy atom. The van der Waals surface area contributed by atoms with Crippen LogP contribution in [-0.4, -0.2) is 34.9 Å². The lowest BCUT2D eigenvalue weighted by atomic mass is 9.99. The Kier molecular flexibility index (Phi) is 5.03. The van der Waals surface area contributed by atoms with Crippen molar-refractivity contribution in [2.24, 2.45) is 0 Å². The molecule has 1 aliphatic heterocycles. The maximum atomic E-state index is 13.0. The zero-order chi connectivity index (χ0) is 18.8. The van der Waals surface area contributed by atoms with Crippen LogP contribution in [0.4, 0.5) is 5.69 Å². The second kappa shape index (κ2) is 7.25. The third-order valence-corrected chi connectivity index (χ3v) is 5.42. The van der Waals surface area contributed by atoms with Crippen LogP contribution >= 0.6 is 11.3 Å². The average molecular weight is 374 g/mol. The Bertz CT molecular complexity index is 876. The number of nitro groups is 1. The lowest BCUT2D eigenvalue weighted by Gasteiger charge is -2.33. The van der Waals surface area contributed by atoms with E-state index in [1.807, 2.05) is 18.4 Å². The molecule has 3 rings (SSSR count). The predicted octanol–water partition coefficient (Wildman–Crippen LogP) is 3.59. The molecule has 0 saturated heterocycles. The fourth-order valence-corrected chi connectivity index (χ4v) is 4.09. The molecule has 136 valence electrons. The molecule has 1 aromatic heterocycles. The van der Waals surface area contributed by atoms with Crippen molar-refractivity contribution in [2.45, 2.75) is 26.3 Å². The summed E-state index contributed by atoms with van der Waals surface area (Å²) in [5.41, 5.74) is 0.920. The summed E-state index contributed by atoms with van der Waals surface area (Å²) in [6.45, 7) is 4.27. The standard InChI is InChI=1S/C18H18N2O5S/c1-3-25-18(22)13-8-12(9-14(10-13)20(23)24)17(21)19-6-4-16-15(11(19)2)5-7-26-16/h5,7-11H,3-4,6H2,1-2H3/t11-/m1/s1. The van der Waals surface area contributed by atoms with Crippen LogP contribution in [0.3, 0.4) is 0 Å². The number of carbonyl (C=O) groups is 2. The summed E-state index contributed by atoms with van der Waals surface area (Å²) < 4.78 is 4.92. The van der Waals surface area contributed by atoms with E-state index in [9.17, 15) is 19.7 Å². The monoisotopic (exact) mass is 374 g/mol. The number of rotatable bonds is 4. The van der Waals surface area contributed by atoms with Crippen LogP contribution in [0.15, 0.2) is 29.6 Å². The number of thiophene rings is 1. The van der Waals surface area contributed by atoms with Crippen LogP contribution in [0.5, 0.6) is 0 Å². The van der Waals surface area contributed by atoms with Gasteiger partial charge in [-0.25, -0.2) is 4.79 Å². The summed E-state index contributed by atoms with van der Waals surface area (Å²) in [6, 6.07) is 5.58. The molecule has 1 aromatic carbocycles. The summed E-state index contributed by atoms with van der Waals surface area (Å²) in [6.07, 6.45) is 0.753. The molecule has 2 heterocycles. The molecule has 0 N–H and O–H groups in total. The molecule has 1 atom stereocenters. The Hall–Kier alpha value is -2.74. The smallest absolute Gasteiger partial charge is 0.338 e. The quantitative estimate of drug-likeness (QED) is 0.463. The minimum Gasteiger partial charge on any atom is -0.462 e. The van der Waals surface area contributed by atoms with Gasteiger partial charge in [-0.05, 0) is 43.3 Å². The zero-order valence-electron chi connectivity index (χ0n) is 14.4. The average Bonchev–Trinajstić information content (AvgIpc) is 3.11. The first-order valence-corrected chi connectivity index (χ1v) is 9.14. The van der Waals surface area contributed by atoms with Gasteiger partial charge in [-0.2, -0.15) is 0 Å². The number of ether oxygens (including phenoxy) is 1. The first-order chi connectivity index (χ1) is 12.4. The molecule has 2 aromatic rings. The molecule has 0 radical (unpaired) electrons. The second-order valence-corrected chi connectivity index (χ2v) is 6.97. The van der Waals surface area contributed by atoms with Crippen molar-refractivity contribution in [3.63, 3.8) is 0 Å². The van der Waals surface area contributed by atoms with E-state index in [4.69, 9.17) is 4.74 Å². The summed E-state index contributed by atoms with van der Waals surface area (Å²) in [4.78, 5) is 38.5. The number of benzene rings is 1. The Morgan fingerprint density at radius 3 is 2.77 bits per heavy atom. The summed E-state index contributed by atoms with van der Waals surface area (Å²) in [5, 5.41) is 13.2. The molecule has 0 bridgehead atoms. The van der Waals surface area contributed by atoms with E-state index < -0.39 is 10.9 Å². The summed E-state index contributed by atoms with van der Waals surface area (Å²) in [7, 11) is 0. The van der Waals surface area contributed by atoms with Crippen LogP contribution in [0, 0.1) is 10.1 Å². The summed E-state index contributed by atoms with van der Waals surface area (Å²) in [5.74, 6) is -1.01. The van der Waals surface area contributed by atoms with E-state index in [-0.39, 0.29) is 35.4 Å². The maximum Gasteiger partial charge on any atom is 0.338 e. The molecule has 0 fully saturated rings. The normalized spacial score (nSPS) is 16.1. The van der Waals surface area contributed by atoms with Crippen molar-refractivity contribution in [2.75, 3.05) is 13.2 Å². The highest BCUT2D eigenvalue weighted by Gasteiger charge is 2.30. The van der Waals surface area contributed by atoms with Gasteiger partial charge in [0.15, 0.2) is 0 Å². The fourth-order valence-electron chi connectivity index (χ4n) is 3.13. The van der Waals surface area contributed by atoms with E-state index in [1.165, 1.54) is 17.0 Å². The number of hydrogen-bond acceptors (Lipinski definition) is 6. The van der Waals surface area contributed by atoms with E-state index >= 15 is 0 Å². The van der Waals surface area contributed by atoms with Gasteiger partial charge in [0.05, 0.1) is 23.1 Å². The van der Waals surface area contributed by atoms with E-state index in [0.29, 0.717) is 6.54 Å². The van der Waals surface area contributed by atoms with Gasteiger partial charge in [-0.15, -0.1) is 11.3 Å². The maximum absolute atomic E-state index is 13.0. The molecule has 0 saturated carbocycles. The number of nitro benzene ring substituents is 1. The molecular formula is C18H18N2O5S. The second-order valence-electron chi connectivity index (χ2n) is 5.97. The number of hydrogen-bond donors (Lipinski definition) is 0. The van der Waals surface area contributed by atoms with Gasteiger partial charge < -0.3 is 9.64 Å². The van der Waals surface area contributed by atoms with Crippen molar-refractivity contribution in [3.8, 4) is 0 Å². The van der Waals surface area contributed by atoms with Crippen molar-refractivity contribution in [3.05, 3.63) is 61.3 Å². The fraction of sp³-hybridized carbons (Fsp3) is 0.333. The minimum absolute atomic E-state index is 0.00489. The Morgan fingerprint density at radius 2 is 2.08 bits per heavy atom. The first kappa shape index (κ1) is 18.1. The van der Waals surface area contributed by atoms with Gasteiger partial charge in [-0.1, -0.05) is 0 Å².